The van der Waals surface area contributed by atoms with Crippen molar-refractivity contribution in [1.82, 2.24) is 37.2 Å². The number of amides is 8. The average molecular weight is 790 g/mol. The molecule has 0 rings (SSSR count). The van der Waals surface area contributed by atoms with Crippen LogP contribution in [0.4, 0.5) is 0 Å². The quantitative estimate of drug-likeness (QED) is 0.0410. The molecule has 0 aromatic rings. The number of rotatable bonds is 25. The fraction of sp³-hybridized carbons (Fsp3) is 0.727. The van der Waals surface area contributed by atoms with E-state index in [4.69, 9.17) is 11.5 Å². The molecule has 0 aliphatic rings. The SMILES string of the molecule is CC[C@H](C)[C@H](NC(=O)[C@H](CCC(N)=O)NC(=O)[C@H](CO)NC(=O)[C@@H](NC(=O)[C@H](CO)NC(=O)[C@@H](NC(=O)[C@@H](NC(=O)CN)C(C)C)[C@@H](C)O)C(C)C)C(=O)O. The summed E-state index contributed by atoms with van der Waals surface area (Å²) in [6.07, 6.45) is -1.90. The molecule has 9 atom stereocenters. The maximum Gasteiger partial charge on any atom is 0.326 e. The Labute approximate surface area is 319 Å². The van der Waals surface area contributed by atoms with Gasteiger partial charge in [0.25, 0.3) is 0 Å². The van der Waals surface area contributed by atoms with E-state index in [1.54, 1.807) is 27.7 Å². The van der Waals surface area contributed by atoms with E-state index in [9.17, 15) is 63.6 Å². The van der Waals surface area contributed by atoms with Crippen molar-refractivity contribution in [3.05, 3.63) is 0 Å². The Bertz CT molecular complexity index is 1360. The summed E-state index contributed by atoms with van der Waals surface area (Å²) in [5.74, 6) is -10.7. The summed E-state index contributed by atoms with van der Waals surface area (Å²) in [6, 6.07) is -10.6. The minimum Gasteiger partial charge on any atom is -0.480 e. The lowest BCUT2D eigenvalue weighted by atomic mass is 9.98. The molecule has 22 nitrogen and oxygen atoms in total. The summed E-state index contributed by atoms with van der Waals surface area (Å²) < 4.78 is 0. The number of carboxylic acids is 1. The highest BCUT2D eigenvalue weighted by molar-refractivity contribution is 5.97. The maximum atomic E-state index is 13.3. The van der Waals surface area contributed by atoms with Crippen LogP contribution >= 0.6 is 0 Å². The Balaban J connectivity index is 5.95. The van der Waals surface area contributed by atoms with Gasteiger partial charge < -0.3 is 69.1 Å². The predicted molar refractivity (Wildman–Crippen MR) is 194 cm³/mol. The molecule has 22 heteroatoms. The van der Waals surface area contributed by atoms with Gasteiger partial charge in [-0.25, -0.2) is 4.79 Å². The van der Waals surface area contributed by atoms with Gasteiger partial charge in [-0.05, 0) is 31.1 Å². The normalized spacial score (nSPS) is 16.1. The van der Waals surface area contributed by atoms with E-state index >= 15 is 0 Å². The number of aliphatic hydroxyl groups excluding tert-OH is 3. The van der Waals surface area contributed by atoms with E-state index in [2.05, 4.69) is 37.2 Å². The van der Waals surface area contributed by atoms with Crippen molar-refractivity contribution in [3.8, 4) is 0 Å². The van der Waals surface area contributed by atoms with Crippen molar-refractivity contribution in [3.63, 3.8) is 0 Å². The van der Waals surface area contributed by atoms with Crippen molar-refractivity contribution in [2.24, 2.45) is 29.2 Å². The first-order valence-corrected chi connectivity index (χ1v) is 17.8. The average Bonchev–Trinajstić information content (AvgIpc) is 3.11. The maximum absolute atomic E-state index is 13.3. The van der Waals surface area contributed by atoms with E-state index in [-0.39, 0.29) is 6.42 Å². The minimum absolute atomic E-state index is 0.354. The van der Waals surface area contributed by atoms with Gasteiger partial charge in [-0.3, -0.25) is 38.4 Å². The second-order valence-electron chi connectivity index (χ2n) is 13.7. The zero-order valence-electron chi connectivity index (χ0n) is 32.2. The van der Waals surface area contributed by atoms with E-state index in [0.717, 1.165) is 0 Å². The molecule has 0 aliphatic carbocycles. The van der Waals surface area contributed by atoms with Gasteiger partial charge >= 0.3 is 5.97 Å². The van der Waals surface area contributed by atoms with Gasteiger partial charge in [0.05, 0.1) is 25.9 Å². The number of aliphatic hydroxyl groups is 3. The van der Waals surface area contributed by atoms with Gasteiger partial charge in [-0.1, -0.05) is 48.0 Å². The fourth-order valence-corrected chi connectivity index (χ4v) is 4.88. The monoisotopic (exact) mass is 789 g/mol. The zero-order chi connectivity index (χ0) is 42.7. The molecule has 0 aromatic carbocycles. The number of carbonyl (C=O) groups is 9. The van der Waals surface area contributed by atoms with Crippen molar-refractivity contribution in [2.45, 2.75) is 116 Å². The first-order chi connectivity index (χ1) is 25.6. The first kappa shape index (κ1) is 50.1. The van der Waals surface area contributed by atoms with Crippen LogP contribution < -0.4 is 48.7 Å². The Kier molecular flexibility index (Phi) is 22.3. The highest BCUT2D eigenvalue weighted by Gasteiger charge is 2.36. The lowest BCUT2D eigenvalue weighted by molar-refractivity contribution is -0.144. The van der Waals surface area contributed by atoms with Crippen LogP contribution in [0.15, 0.2) is 0 Å². The first-order valence-electron chi connectivity index (χ1n) is 17.8. The molecule has 0 spiro atoms. The van der Waals surface area contributed by atoms with Gasteiger partial charge in [0, 0.05) is 6.42 Å². The number of aliphatic carboxylic acids is 1. The van der Waals surface area contributed by atoms with Crippen molar-refractivity contribution < 1.29 is 63.6 Å². The summed E-state index contributed by atoms with van der Waals surface area (Å²) in [7, 11) is 0. The van der Waals surface area contributed by atoms with E-state index < -0.39 is 146 Å². The van der Waals surface area contributed by atoms with Crippen LogP contribution in [0.5, 0.6) is 0 Å². The number of hydrogen-bond donors (Lipinski definition) is 13. The van der Waals surface area contributed by atoms with E-state index in [1.165, 1.54) is 20.8 Å². The Hall–Kier alpha value is -4.93. The molecule has 0 saturated heterocycles. The van der Waals surface area contributed by atoms with Gasteiger partial charge in [0.15, 0.2) is 0 Å². The molecule has 8 amide bonds. The largest absolute Gasteiger partial charge is 0.480 e. The van der Waals surface area contributed by atoms with Crippen LogP contribution in [0.2, 0.25) is 0 Å². The second-order valence-corrected chi connectivity index (χ2v) is 13.7. The molecule has 0 fully saturated rings. The summed E-state index contributed by atoms with van der Waals surface area (Å²) in [5.41, 5.74) is 10.5. The molecule has 314 valence electrons. The summed E-state index contributed by atoms with van der Waals surface area (Å²) in [5, 5.41) is 55.8. The lowest BCUT2D eigenvalue weighted by Gasteiger charge is -2.29. The molecule has 0 heterocycles. The van der Waals surface area contributed by atoms with E-state index in [0.29, 0.717) is 6.42 Å². The molecule has 0 aromatic heterocycles. The van der Waals surface area contributed by atoms with E-state index in [1.807, 2.05) is 0 Å². The fourth-order valence-electron chi connectivity index (χ4n) is 4.88. The standard InChI is InChI=1S/C33H59N9O13/c1-8-16(6)25(33(54)55)41-27(48)18(9-10-21(35)46)36-28(49)19(12-43)37-30(51)24(15(4)5)40-29(50)20(13-44)38-32(53)26(17(7)45)42-31(52)23(14(2)3)39-22(47)11-34/h14-20,23-26,43-45H,8-13,34H2,1-7H3,(H2,35,46)(H,36,49)(H,37,51)(H,38,53)(H,39,47)(H,40,50)(H,41,48)(H,42,52)(H,54,55)/t16-,17+,18-,19-,20-,23-,24-,25-,26-/m0/s1. The topological polar surface area (TPSA) is 371 Å². The third kappa shape index (κ3) is 17.0. The molecular formula is C33H59N9O13. The van der Waals surface area contributed by atoms with Gasteiger partial charge in [0.2, 0.25) is 47.3 Å². The number of primary amides is 1. The van der Waals surface area contributed by atoms with Crippen LogP contribution in [0.1, 0.15) is 67.7 Å². The summed E-state index contributed by atoms with van der Waals surface area (Å²) >= 11 is 0. The van der Waals surface area contributed by atoms with Crippen LogP contribution in [0.3, 0.4) is 0 Å². The summed E-state index contributed by atoms with van der Waals surface area (Å²) in [4.78, 5) is 114. The molecule has 0 radical (unpaired) electrons. The Morgan fingerprint density at radius 3 is 1.35 bits per heavy atom. The van der Waals surface area contributed by atoms with Crippen LogP contribution in [-0.4, -0.2) is 142 Å². The van der Waals surface area contributed by atoms with Gasteiger partial charge in [-0.2, -0.15) is 0 Å². The second kappa shape index (κ2) is 24.5. The number of carboxylic acid groups (broad SMARTS) is 1. The zero-order valence-corrected chi connectivity index (χ0v) is 32.2. The van der Waals surface area contributed by atoms with Crippen LogP contribution in [0, 0.1) is 17.8 Å². The predicted octanol–water partition coefficient (Wildman–Crippen LogP) is -5.59. The third-order valence-electron chi connectivity index (χ3n) is 8.48. The number of carbonyl (C=O) groups excluding carboxylic acids is 8. The number of hydrogen-bond acceptors (Lipinski definition) is 13. The molecular weight excluding hydrogens is 730 g/mol. The number of nitrogens with one attached hydrogen (secondary N) is 7. The minimum atomic E-state index is -1.73. The highest BCUT2D eigenvalue weighted by Crippen LogP contribution is 2.10. The Morgan fingerprint density at radius 2 is 0.945 bits per heavy atom. The summed E-state index contributed by atoms with van der Waals surface area (Å²) in [6.45, 7) is 8.22. The molecule has 0 bridgehead atoms. The van der Waals surface area contributed by atoms with Gasteiger partial charge in [-0.15, -0.1) is 0 Å². The molecule has 15 N–H and O–H groups in total. The third-order valence-corrected chi connectivity index (χ3v) is 8.48. The Morgan fingerprint density at radius 1 is 0.564 bits per heavy atom. The molecule has 0 unspecified atom stereocenters. The highest BCUT2D eigenvalue weighted by atomic mass is 16.4. The molecule has 0 saturated carbocycles. The van der Waals surface area contributed by atoms with Crippen LogP contribution in [-0.2, 0) is 43.2 Å². The molecule has 0 aliphatic heterocycles. The van der Waals surface area contributed by atoms with Crippen molar-refractivity contribution >= 4 is 53.2 Å². The van der Waals surface area contributed by atoms with Crippen LogP contribution in [0.25, 0.3) is 0 Å². The van der Waals surface area contributed by atoms with Crippen molar-refractivity contribution in [2.75, 3.05) is 19.8 Å². The van der Waals surface area contributed by atoms with Crippen molar-refractivity contribution in [1.29, 1.82) is 0 Å². The van der Waals surface area contributed by atoms with Gasteiger partial charge in [0.1, 0.15) is 42.3 Å². The smallest absolute Gasteiger partial charge is 0.326 e. The molecule has 55 heavy (non-hydrogen) atoms. The lowest BCUT2D eigenvalue weighted by Crippen LogP contribution is -2.63. The number of nitrogens with two attached hydrogens (primary N) is 2.